The number of fused-ring (bicyclic) bond motifs is 2. The number of aryl methyl sites for hydroxylation is 1. The van der Waals surface area contributed by atoms with Gasteiger partial charge in [-0.1, -0.05) is 38.6 Å². The number of carbonyl (C=O) groups is 2. The summed E-state index contributed by atoms with van der Waals surface area (Å²) in [4.78, 5) is 28.2. The lowest BCUT2D eigenvalue weighted by molar-refractivity contribution is 0.0208. The van der Waals surface area contributed by atoms with Crippen molar-refractivity contribution in [3.63, 3.8) is 0 Å². The van der Waals surface area contributed by atoms with Crippen molar-refractivity contribution >= 4 is 12.2 Å². The number of amides is 2. The molecule has 0 saturated heterocycles. The highest BCUT2D eigenvalue weighted by Gasteiger charge is 2.31. The lowest BCUT2D eigenvalue weighted by Gasteiger charge is -2.30. The zero-order valence-corrected chi connectivity index (χ0v) is 31.2. The van der Waals surface area contributed by atoms with Crippen LogP contribution in [0.2, 0.25) is 0 Å². The summed E-state index contributed by atoms with van der Waals surface area (Å²) < 4.78 is 41.0. The van der Waals surface area contributed by atoms with Gasteiger partial charge in [0.05, 0.1) is 55.6 Å². The Kier molecular flexibility index (Phi) is 13.1. The van der Waals surface area contributed by atoms with E-state index in [1.54, 1.807) is 38.7 Å². The number of aliphatic hydroxyl groups excluding tert-OH is 1. The van der Waals surface area contributed by atoms with Gasteiger partial charge >= 0.3 is 12.2 Å². The number of ether oxygens (including phenoxy) is 2. The molecule has 2 aromatic carbocycles. The summed E-state index contributed by atoms with van der Waals surface area (Å²) in [7, 11) is 0. The number of aromatic nitrogens is 4. The molecule has 4 heterocycles. The molecule has 4 aromatic rings. The van der Waals surface area contributed by atoms with E-state index in [0.29, 0.717) is 51.4 Å². The van der Waals surface area contributed by atoms with Crippen LogP contribution in [0.3, 0.4) is 0 Å². The monoisotopic (exact) mass is 736 g/mol. The fourth-order valence-corrected chi connectivity index (χ4v) is 6.28. The molecule has 0 aliphatic carbocycles. The van der Waals surface area contributed by atoms with Crippen molar-refractivity contribution < 1.29 is 33.0 Å². The Morgan fingerprint density at radius 1 is 0.698 bits per heavy atom. The van der Waals surface area contributed by atoms with Crippen LogP contribution in [0.25, 0.3) is 0 Å². The molecule has 0 saturated carbocycles. The van der Waals surface area contributed by atoms with Crippen LogP contribution in [0.4, 0.5) is 18.4 Å². The summed E-state index contributed by atoms with van der Waals surface area (Å²) in [6.45, 7) is 16.1. The Hall–Kier alpha value is -4.78. The van der Waals surface area contributed by atoms with Crippen LogP contribution in [-0.4, -0.2) is 70.9 Å². The standard InChI is InChI=1S/C20H26FN3O2.C19H24FN3O3.CH4/c1-5-17-16-10-11-23(19(25)26-20(2,3)4)13-18(16)24(22-17)12-14-6-8-15(21)9-7-14;1-19(2,3)26-18(25)22-9-8-15-16(12-24)21-23(17(15)11-22)10-13-4-6-14(20)7-5-13;/h6-9H,5,10-13H2,1-4H3;4-7,24H,8-12H2,1-3H3;1H4. The lowest BCUT2D eigenvalue weighted by Crippen LogP contribution is -2.40. The predicted octanol–water partition coefficient (Wildman–Crippen LogP) is 7.42. The van der Waals surface area contributed by atoms with E-state index in [-0.39, 0.29) is 37.9 Å². The van der Waals surface area contributed by atoms with Gasteiger partial charge in [0.25, 0.3) is 0 Å². The highest BCUT2D eigenvalue weighted by molar-refractivity contribution is 5.69. The van der Waals surface area contributed by atoms with Crippen LogP contribution in [0.5, 0.6) is 0 Å². The van der Waals surface area contributed by atoms with Crippen molar-refractivity contribution in [3.05, 3.63) is 105 Å². The zero-order chi connectivity index (χ0) is 37.8. The topological polar surface area (TPSA) is 115 Å². The normalized spacial score (nSPS) is 14.0. The van der Waals surface area contributed by atoms with Crippen molar-refractivity contribution in [2.75, 3.05) is 13.1 Å². The first kappa shape index (κ1) is 41.0. The molecular formula is C40H54F2N6O5. The molecule has 53 heavy (non-hydrogen) atoms. The minimum Gasteiger partial charge on any atom is -0.444 e. The second-order valence-electron chi connectivity index (χ2n) is 15.1. The van der Waals surface area contributed by atoms with Crippen molar-refractivity contribution in [3.8, 4) is 0 Å². The lowest BCUT2D eigenvalue weighted by atomic mass is 10.0. The Morgan fingerprint density at radius 2 is 1.08 bits per heavy atom. The van der Waals surface area contributed by atoms with E-state index >= 15 is 0 Å². The highest BCUT2D eigenvalue weighted by Crippen LogP contribution is 2.27. The van der Waals surface area contributed by atoms with Crippen LogP contribution in [-0.2, 0) is 61.5 Å². The van der Waals surface area contributed by atoms with Gasteiger partial charge in [0.2, 0.25) is 0 Å². The minimum atomic E-state index is -0.554. The van der Waals surface area contributed by atoms with Crippen molar-refractivity contribution in [1.82, 2.24) is 29.4 Å². The Balaban J connectivity index is 0.000000232. The number of benzene rings is 2. The first-order valence-electron chi connectivity index (χ1n) is 17.7. The number of aliphatic hydroxyl groups is 1. The molecule has 2 aliphatic heterocycles. The average molecular weight is 737 g/mol. The summed E-state index contributed by atoms with van der Waals surface area (Å²) in [6, 6.07) is 12.7. The van der Waals surface area contributed by atoms with E-state index in [2.05, 4.69) is 12.0 Å². The summed E-state index contributed by atoms with van der Waals surface area (Å²) in [5.41, 5.74) is 6.66. The van der Waals surface area contributed by atoms with Crippen molar-refractivity contribution in [1.29, 1.82) is 0 Å². The second-order valence-corrected chi connectivity index (χ2v) is 15.1. The molecule has 6 rings (SSSR count). The van der Waals surface area contributed by atoms with Crippen molar-refractivity contribution in [2.24, 2.45) is 0 Å². The van der Waals surface area contributed by atoms with E-state index in [1.807, 2.05) is 46.2 Å². The maximum Gasteiger partial charge on any atom is 0.410 e. The molecule has 0 radical (unpaired) electrons. The van der Waals surface area contributed by atoms with Gasteiger partial charge in [-0.3, -0.25) is 9.36 Å². The maximum absolute atomic E-state index is 13.2. The van der Waals surface area contributed by atoms with E-state index in [9.17, 15) is 23.5 Å². The first-order valence-corrected chi connectivity index (χ1v) is 17.7. The third kappa shape index (κ3) is 10.6. The van der Waals surface area contributed by atoms with E-state index in [0.717, 1.165) is 46.6 Å². The van der Waals surface area contributed by atoms with Crippen molar-refractivity contribution in [2.45, 2.75) is 119 Å². The van der Waals surface area contributed by atoms with Crippen LogP contribution in [0.1, 0.15) is 101 Å². The molecule has 13 heteroatoms. The molecule has 0 atom stereocenters. The van der Waals surface area contributed by atoms with Crippen LogP contribution in [0, 0.1) is 11.6 Å². The molecule has 0 spiro atoms. The largest absolute Gasteiger partial charge is 0.444 e. The van der Waals surface area contributed by atoms with E-state index in [4.69, 9.17) is 14.6 Å². The Labute approximate surface area is 311 Å². The molecule has 11 nitrogen and oxygen atoms in total. The summed E-state index contributed by atoms with van der Waals surface area (Å²) >= 11 is 0. The molecule has 2 aliphatic rings. The Bertz CT molecular complexity index is 1720. The number of rotatable bonds is 6. The first-order chi connectivity index (χ1) is 24.5. The van der Waals surface area contributed by atoms with Crippen LogP contribution >= 0.6 is 0 Å². The fourth-order valence-electron chi connectivity index (χ4n) is 6.28. The molecular weight excluding hydrogens is 682 g/mol. The van der Waals surface area contributed by atoms with Gasteiger partial charge in [-0.15, -0.1) is 0 Å². The van der Waals surface area contributed by atoms with E-state index in [1.165, 1.54) is 29.8 Å². The van der Waals surface area contributed by atoms with Gasteiger partial charge in [-0.25, -0.2) is 18.4 Å². The summed E-state index contributed by atoms with van der Waals surface area (Å²) in [6.07, 6.45) is 1.60. The number of hydrogen-bond acceptors (Lipinski definition) is 7. The van der Waals surface area contributed by atoms with Gasteiger partial charge < -0.3 is 24.4 Å². The average Bonchev–Trinajstić information content (AvgIpc) is 3.62. The number of carbonyl (C=O) groups excluding carboxylic acids is 2. The molecule has 0 unspecified atom stereocenters. The number of halogens is 2. The number of nitrogens with zero attached hydrogens (tertiary/aromatic N) is 6. The fraction of sp³-hybridized carbons (Fsp3) is 0.500. The molecule has 288 valence electrons. The molecule has 0 fully saturated rings. The minimum absolute atomic E-state index is 0. The summed E-state index contributed by atoms with van der Waals surface area (Å²) in [5, 5.41) is 18.8. The van der Waals surface area contributed by atoms with Gasteiger partial charge in [0.15, 0.2) is 0 Å². The second kappa shape index (κ2) is 16.9. The smallest absolute Gasteiger partial charge is 0.410 e. The van der Waals surface area contributed by atoms with Gasteiger partial charge in [0.1, 0.15) is 22.8 Å². The predicted molar refractivity (Wildman–Crippen MR) is 198 cm³/mol. The van der Waals surface area contributed by atoms with Gasteiger partial charge in [-0.05, 0) is 96.2 Å². The summed E-state index contributed by atoms with van der Waals surface area (Å²) in [5.74, 6) is -0.537. The molecule has 2 aromatic heterocycles. The molecule has 2 amide bonds. The van der Waals surface area contributed by atoms with E-state index < -0.39 is 11.2 Å². The van der Waals surface area contributed by atoms with Crippen LogP contribution < -0.4 is 0 Å². The third-order valence-electron chi connectivity index (χ3n) is 8.72. The molecule has 1 N–H and O–H groups in total. The van der Waals surface area contributed by atoms with Crippen LogP contribution in [0.15, 0.2) is 48.5 Å². The van der Waals surface area contributed by atoms with Gasteiger partial charge in [0, 0.05) is 24.2 Å². The Morgan fingerprint density at radius 3 is 1.43 bits per heavy atom. The SMILES string of the molecule is C.CC(C)(C)OC(=O)N1CCc2c(CO)nn(Cc3ccc(F)cc3)c2C1.CCc1nn(Cc2ccc(F)cc2)c2c1CCN(C(=O)OC(C)(C)C)C2. The quantitative estimate of drug-likeness (QED) is 0.219. The third-order valence-corrected chi connectivity index (χ3v) is 8.72. The molecule has 0 bridgehead atoms. The highest BCUT2D eigenvalue weighted by atomic mass is 19.1. The van der Waals surface area contributed by atoms with Gasteiger partial charge in [-0.2, -0.15) is 10.2 Å². The maximum atomic E-state index is 13.2. The number of hydrogen-bond donors (Lipinski definition) is 1. The zero-order valence-electron chi connectivity index (χ0n) is 31.2.